The summed E-state index contributed by atoms with van der Waals surface area (Å²) in [6.07, 6.45) is 0. The Hall–Kier alpha value is -6.78. The second-order valence-electron chi connectivity index (χ2n) is 12.9. The Labute approximate surface area is 286 Å². The molecular formula is C46H28N2O2. The fourth-order valence-corrected chi connectivity index (χ4v) is 7.95. The van der Waals surface area contributed by atoms with Crippen molar-refractivity contribution in [3.8, 4) is 5.69 Å². The van der Waals surface area contributed by atoms with Crippen LogP contribution in [0.15, 0.2) is 179 Å². The zero-order valence-electron chi connectivity index (χ0n) is 26.9. The first-order chi connectivity index (χ1) is 24.8. The maximum atomic E-state index is 6.53. The van der Waals surface area contributed by atoms with Crippen molar-refractivity contribution in [3.63, 3.8) is 0 Å². The average molecular weight is 641 g/mol. The van der Waals surface area contributed by atoms with Crippen LogP contribution in [0.25, 0.3) is 82.1 Å². The molecule has 0 N–H and O–H groups in total. The summed E-state index contributed by atoms with van der Waals surface area (Å²) in [6, 6.07) is 60.2. The van der Waals surface area contributed by atoms with E-state index in [2.05, 4.69) is 161 Å². The van der Waals surface area contributed by atoms with Gasteiger partial charge in [-0.25, -0.2) is 0 Å². The molecule has 0 saturated heterocycles. The Balaban J connectivity index is 1.26. The van der Waals surface area contributed by atoms with Crippen molar-refractivity contribution in [3.05, 3.63) is 170 Å². The van der Waals surface area contributed by atoms with E-state index in [1.807, 2.05) is 18.2 Å². The smallest absolute Gasteiger partial charge is 0.143 e. The summed E-state index contributed by atoms with van der Waals surface area (Å²) in [5, 5.41) is 9.01. The molecule has 0 aliphatic carbocycles. The summed E-state index contributed by atoms with van der Waals surface area (Å²) < 4.78 is 15.2. The van der Waals surface area contributed by atoms with Gasteiger partial charge in [0.1, 0.15) is 22.3 Å². The van der Waals surface area contributed by atoms with Gasteiger partial charge in [0.25, 0.3) is 0 Å². The van der Waals surface area contributed by atoms with Crippen molar-refractivity contribution in [2.45, 2.75) is 0 Å². The predicted octanol–water partition coefficient (Wildman–Crippen LogP) is 13.2. The van der Waals surface area contributed by atoms with Crippen LogP contribution < -0.4 is 4.90 Å². The number of fused-ring (bicyclic) bond motifs is 11. The number of anilines is 3. The van der Waals surface area contributed by atoms with Gasteiger partial charge in [0, 0.05) is 60.2 Å². The summed E-state index contributed by atoms with van der Waals surface area (Å²) in [6.45, 7) is 0. The van der Waals surface area contributed by atoms with Gasteiger partial charge in [-0.2, -0.15) is 0 Å². The van der Waals surface area contributed by atoms with E-state index >= 15 is 0 Å². The third-order valence-electron chi connectivity index (χ3n) is 10.2. The normalized spacial score (nSPS) is 12.0. The molecule has 0 aliphatic heterocycles. The van der Waals surface area contributed by atoms with Gasteiger partial charge in [-0.3, -0.25) is 0 Å². The number of rotatable bonds is 4. The van der Waals surface area contributed by atoms with E-state index in [0.29, 0.717) is 0 Å². The molecule has 4 heteroatoms. The van der Waals surface area contributed by atoms with E-state index in [0.717, 1.165) is 82.9 Å². The quantitative estimate of drug-likeness (QED) is 0.192. The highest BCUT2D eigenvalue weighted by Gasteiger charge is 2.23. The molecule has 11 rings (SSSR count). The zero-order valence-corrected chi connectivity index (χ0v) is 26.9. The number of aromatic nitrogens is 1. The summed E-state index contributed by atoms with van der Waals surface area (Å²) in [5.74, 6) is 0. The van der Waals surface area contributed by atoms with E-state index < -0.39 is 0 Å². The van der Waals surface area contributed by atoms with Crippen LogP contribution in [-0.2, 0) is 0 Å². The topological polar surface area (TPSA) is 34.5 Å². The molecule has 0 radical (unpaired) electrons. The molecule has 0 amide bonds. The van der Waals surface area contributed by atoms with E-state index in [1.54, 1.807) is 0 Å². The van der Waals surface area contributed by atoms with Gasteiger partial charge in [-0.1, -0.05) is 103 Å². The number of benzene rings is 8. The first-order valence-corrected chi connectivity index (χ1v) is 16.9. The van der Waals surface area contributed by atoms with Crippen LogP contribution in [-0.4, -0.2) is 4.57 Å². The van der Waals surface area contributed by atoms with Gasteiger partial charge >= 0.3 is 0 Å². The number of furan rings is 2. The predicted molar refractivity (Wildman–Crippen MR) is 208 cm³/mol. The van der Waals surface area contributed by atoms with Gasteiger partial charge in [-0.15, -0.1) is 0 Å². The third-order valence-corrected chi connectivity index (χ3v) is 10.2. The third kappa shape index (κ3) is 3.87. The molecule has 3 aromatic heterocycles. The molecule has 0 aliphatic rings. The van der Waals surface area contributed by atoms with Gasteiger partial charge in [0.2, 0.25) is 0 Å². The van der Waals surface area contributed by atoms with E-state index in [1.165, 1.54) is 16.3 Å². The molecule has 0 saturated carbocycles. The molecule has 4 nitrogen and oxygen atoms in total. The van der Waals surface area contributed by atoms with Gasteiger partial charge in [-0.05, 0) is 66.7 Å². The van der Waals surface area contributed by atoms with Crippen LogP contribution in [0.4, 0.5) is 17.1 Å². The number of hydrogen-bond donors (Lipinski definition) is 0. The SMILES string of the molecule is c1ccc(-n2c3ccccc3c3ccc(N(c4ccc5oc6ccccc6c5c4)c4cc5c6ccccc6oc5c5ccccc45)cc32)cc1. The molecule has 0 atom stereocenters. The molecule has 3 heterocycles. The van der Waals surface area contributed by atoms with Gasteiger partial charge < -0.3 is 18.3 Å². The molecule has 0 bridgehead atoms. The van der Waals surface area contributed by atoms with Crippen molar-refractivity contribution in [1.82, 2.24) is 4.57 Å². The highest BCUT2D eigenvalue weighted by molar-refractivity contribution is 6.20. The summed E-state index contributed by atoms with van der Waals surface area (Å²) in [7, 11) is 0. The highest BCUT2D eigenvalue weighted by Crippen LogP contribution is 2.46. The van der Waals surface area contributed by atoms with E-state index in [-0.39, 0.29) is 0 Å². The Kier molecular flexibility index (Phi) is 5.63. The van der Waals surface area contributed by atoms with E-state index in [9.17, 15) is 0 Å². The lowest BCUT2D eigenvalue weighted by Crippen LogP contribution is -2.11. The lowest BCUT2D eigenvalue weighted by molar-refractivity contribution is 0.669. The molecule has 0 spiro atoms. The number of hydrogen-bond acceptors (Lipinski definition) is 3. The minimum absolute atomic E-state index is 0.871. The highest BCUT2D eigenvalue weighted by atomic mass is 16.3. The van der Waals surface area contributed by atoms with Crippen molar-refractivity contribution in [2.24, 2.45) is 0 Å². The van der Waals surface area contributed by atoms with Crippen LogP contribution in [0, 0.1) is 0 Å². The molecule has 0 unspecified atom stereocenters. The van der Waals surface area contributed by atoms with Crippen LogP contribution >= 0.6 is 0 Å². The summed E-state index contributed by atoms with van der Waals surface area (Å²) in [4.78, 5) is 2.40. The van der Waals surface area contributed by atoms with Crippen LogP contribution in [0.1, 0.15) is 0 Å². The molecule has 234 valence electrons. The van der Waals surface area contributed by atoms with Crippen LogP contribution in [0.5, 0.6) is 0 Å². The maximum absolute atomic E-state index is 6.53. The summed E-state index contributed by atoms with van der Waals surface area (Å²) >= 11 is 0. The molecule has 50 heavy (non-hydrogen) atoms. The zero-order chi connectivity index (χ0) is 32.8. The summed E-state index contributed by atoms with van der Waals surface area (Å²) in [5.41, 5.74) is 10.2. The Morgan fingerprint density at radius 1 is 0.360 bits per heavy atom. The fraction of sp³-hybridized carbons (Fsp3) is 0. The Morgan fingerprint density at radius 3 is 1.76 bits per heavy atom. The molecule has 0 fully saturated rings. The monoisotopic (exact) mass is 640 g/mol. The van der Waals surface area contributed by atoms with Gasteiger partial charge in [0.15, 0.2) is 0 Å². The molecular weight excluding hydrogens is 613 g/mol. The molecule has 11 aromatic rings. The number of nitrogens with zero attached hydrogens (tertiary/aromatic N) is 2. The largest absolute Gasteiger partial charge is 0.456 e. The first-order valence-electron chi connectivity index (χ1n) is 16.9. The van der Waals surface area contributed by atoms with Gasteiger partial charge in [0.05, 0.1) is 16.7 Å². The Morgan fingerprint density at radius 2 is 0.940 bits per heavy atom. The second kappa shape index (κ2) is 10.4. The van der Waals surface area contributed by atoms with Crippen molar-refractivity contribution < 1.29 is 8.83 Å². The fourth-order valence-electron chi connectivity index (χ4n) is 7.95. The Bertz CT molecular complexity index is 3110. The maximum Gasteiger partial charge on any atom is 0.143 e. The molecule has 8 aromatic carbocycles. The minimum atomic E-state index is 0.871. The lowest BCUT2D eigenvalue weighted by Gasteiger charge is -2.27. The number of para-hydroxylation sites is 4. The second-order valence-corrected chi connectivity index (χ2v) is 12.9. The van der Waals surface area contributed by atoms with Crippen LogP contribution in [0.3, 0.4) is 0 Å². The first kappa shape index (κ1) is 27.2. The van der Waals surface area contributed by atoms with Crippen molar-refractivity contribution >= 4 is 93.5 Å². The average Bonchev–Trinajstić information content (AvgIpc) is 3.85. The van der Waals surface area contributed by atoms with E-state index in [4.69, 9.17) is 8.83 Å². The minimum Gasteiger partial charge on any atom is -0.456 e. The van der Waals surface area contributed by atoms with Crippen LogP contribution in [0.2, 0.25) is 0 Å². The van der Waals surface area contributed by atoms with Crippen molar-refractivity contribution in [1.29, 1.82) is 0 Å². The standard InChI is InChI=1S/C46H28N2O2/c1-2-12-29(13-3-1)48-40-19-9-6-14-32(40)34-24-22-31(27-41(34)48)47(30-23-25-45-38(26-30)35-16-7-10-20-43(35)49-45)42-28-39-36-17-8-11-21-44(36)50-46(39)37-18-5-4-15-33(37)42/h1-28H. The lowest BCUT2D eigenvalue weighted by atomic mass is 10.0. The van der Waals surface area contributed by atoms with Crippen molar-refractivity contribution in [2.75, 3.05) is 4.90 Å².